The molecule has 0 aromatic carbocycles. The van der Waals surface area contributed by atoms with Crippen molar-refractivity contribution in [2.75, 3.05) is 19.4 Å². The van der Waals surface area contributed by atoms with Gasteiger partial charge in [0.1, 0.15) is 10.7 Å². The summed E-state index contributed by atoms with van der Waals surface area (Å²) >= 11 is 0. The Bertz CT molecular complexity index is 483. The van der Waals surface area contributed by atoms with E-state index in [9.17, 15) is 8.42 Å². The SMILES string of the molecule is CCCCC(C)Nc1ccc(S(=O)(=O)N(C)C)cn1. The Morgan fingerprint density at radius 1 is 1.37 bits per heavy atom. The van der Waals surface area contributed by atoms with Gasteiger partial charge in [0, 0.05) is 26.3 Å². The lowest BCUT2D eigenvalue weighted by Crippen LogP contribution is -2.22. The van der Waals surface area contributed by atoms with Gasteiger partial charge in [0.25, 0.3) is 0 Å². The van der Waals surface area contributed by atoms with Crippen molar-refractivity contribution in [2.24, 2.45) is 0 Å². The predicted octanol–water partition coefficient (Wildman–Crippen LogP) is 2.32. The molecule has 0 aliphatic carbocycles. The van der Waals surface area contributed by atoms with E-state index in [4.69, 9.17) is 0 Å². The average Bonchev–Trinajstić information content (AvgIpc) is 2.36. The van der Waals surface area contributed by atoms with Gasteiger partial charge in [0.2, 0.25) is 10.0 Å². The molecular formula is C13H23N3O2S. The number of sulfonamides is 1. The van der Waals surface area contributed by atoms with Crippen LogP contribution in [0.4, 0.5) is 5.82 Å². The zero-order valence-electron chi connectivity index (χ0n) is 12.0. The van der Waals surface area contributed by atoms with Gasteiger partial charge in [0.05, 0.1) is 0 Å². The maximum Gasteiger partial charge on any atom is 0.244 e. The molecule has 1 aromatic heterocycles. The number of aromatic nitrogens is 1. The van der Waals surface area contributed by atoms with Gasteiger partial charge in [-0.2, -0.15) is 0 Å². The van der Waals surface area contributed by atoms with E-state index < -0.39 is 10.0 Å². The molecule has 1 aromatic rings. The second-order valence-corrected chi connectivity index (χ2v) is 7.01. The smallest absolute Gasteiger partial charge is 0.244 e. The predicted molar refractivity (Wildman–Crippen MR) is 77.7 cm³/mol. The Balaban J connectivity index is 2.72. The van der Waals surface area contributed by atoms with Crippen LogP contribution in [0.15, 0.2) is 23.2 Å². The topological polar surface area (TPSA) is 62.3 Å². The molecule has 19 heavy (non-hydrogen) atoms. The van der Waals surface area contributed by atoms with Crippen molar-refractivity contribution >= 4 is 15.8 Å². The molecule has 0 radical (unpaired) electrons. The largest absolute Gasteiger partial charge is 0.368 e. The summed E-state index contributed by atoms with van der Waals surface area (Å²) in [6.07, 6.45) is 4.81. The normalized spacial score (nSPS) is 13.5. The number of pyridine rings is 1. The minimum atomic E-state index is -3.39. The fourth-order valence-corrected chi connectivity index (χ4v) is 2.51. The maximum absolute atomic E-state index is 11.9. The Morgan fingerprint density at radius 3 is 2.53 bits per heavy atom. The number of hydrogen-bond donors (Lipinski definition) is 1. The molecule has 0 spiro atoms. The van der Waals surface area contributed by atoms with Gasteiger partial charge in [-0.25, -0.2) is 17.7 Å². The van der Waals surface area contributed by atoms with E-state index in [0.29, 0.717) is 11.9 Å². The molecule has 1 unspecified atom stereocenters. The van der Waals surface area contributed by atoms with Crippen LogP contribution in [0.2, 0.25) is 0 Å². The second kappa shape index (κ2) is 6.86. The summed E-state index contributed by atoms with van der Waals surface area (Å²) in [7, 11) is -0.377. The van der Waals surface area contributed by atoms with Crippen LogP contribution in [-0.4, -0.2) is 37.8 Å². The standard InChI is InChI=1S/C13H23N3O2S/c1-5-6-7-11(2)15-13-9-8-12(10-14-13)19(17,18)16(3)4/h8-11H,5-7H2,1-4H3,(H,14,15). The molecule has 5 nitrogen and oxygen atoms in total. The number of nitrogens with zero attached hydrogens (tertiary/aromatic N) is 2. The Hall–Kier alpha value is -1.14. The summed E-state index contributed by atoms with van der Waals surface area (Å²) in [5.41, 5.74) is 0. The first kappa shape index (κ1) is 15.9. The van der Waals surface area contributed by atoms with Crippen molar-refractivity contribution in [1.29, 1.82) is 0 Å². The summed E-state index contributed by atoms with van der Waals surface area (Å²) in [5.74, 6) is 0.710. The number of rotatable bonds is 7. The summed E-state index contributed by atoms with van der Waals surface area (Å²) in [5, 5.41) is 3.27. The Kier molecular flexibility index (Phi) is 5.75. The molecule has 1 rings (SSSR count). The third kappa shape index (κ3) is 4.47. The van der Waals surface area contributed by atoms with Crippen LogP contribution < -0.4 is 5.32 Å². The van der Waals surface area contributed by atoms with E-state index in [1.807, 2.05) is 0 Å². The van der Waals surface area contributed by atoms with E-state index in [0.717, 1.165) is 6.42 Å². The Morgan fingerprint density at radius 2 is 2.05 bits per heavy atom. The van der Waals surface area contributed by atoms with Gasteiger partial charge >= 0.3 is 0 Å². The van der Waals surface area contributed by atoms with Gasteiger partial charge in [-0.05, 0) is 25.5 Å². The van der Waals surface area contributed by atoms with Crippen molar-refractivity contribution in [1.82, 2.24) is 9.29 Å². The van der Waals surface area contributed by atoms with Gasteiger partial charge in [0.15, 0.2) is 0 Å². The second-order valence-electron chi connectivity index (χ2n) is 4.85. The molecule has 0 aliphatic heterocycles. The lowest BCUT2D eigenvalue weighted by atomic mass is 10.1. The highest BCUT2D eigenvalue weighted by Gasteiger charge is 2.17. The van der Waals surface area contributed by atoms with Gasteiger partial charge < -0.3 is 5.32 Å². The van der Waals surface area contributed by atoms with Crippen LogP contribution in [0.25, 0.3) is 0 Å². The van der Waals surface area contributed by atoms with E-state index in [1.165, 1.54) is 37.4 Å². The fraction of sp³-hybridized carbons (Fsp3) is 0.615. The zero-order chi connectivity index (χ0) is 14.5. The molecule has 1 atom stereocenters. The number of unbranched alkanes of at least 4 members (excludes halogenated alkanes) is 1. The molecule has 1 heterocycles. The van der Waals surface area contributed by atoms with Crippen LogP contribution in [0.1, 0.15) is 33.1 Å². The fourth-order valence-electron chi connectivity index (χ4n) is 1.66. The van der Waals surface area contributed by atoms with Crippen LogP contribution >= 0.6 is 0 Å². The summed E-state index contributed by atoms with van der Waals surface area (Å²) in [6.45, 7) is 4.26. The van der Waals surface area contributed by atoms with E-state index in [1.54, 1.807) is 12.1 Å². The van der Waals surface area contributed by atoms with E-state index >= 15 is 0 Å². The quantitative estimate of drug-likeness (QED) is 0.835. The summed E-state index contributed by atoms with van der Waals surface area (Å²) in [4.78, 5) is 4.37. The lowest BCUT2D eigenvalue weighted by Gasteiger charge is -2.15. The van der Waals surface area contributed by atoms with Crippen molar-refractivity contribution < 1.29 is 8.42 Å². The first-order valence-electron chi connectivity index (χ1n) is 6.53. The summed E-state index contributed by atoms with van der Waals surface area (Å²) in [6, 6.07) is 3.62. The molecule has 0 fully saturated rings. The Labute approximate surface area is 116 Å². The number of anilines is 1. The molecule has 0 amide bonds. The third-order valence-corrected chi connectivity index (χ3v) is 4.70. The van der Waals surface area contributed by atoms with Crippen molar-refractivity contribution in [2.45, 2.75) is 44.0 Å². The highest BCUT2D eigenvalue weighted by atomic mass is 32.2. The molecule has 0 saturated carbocycles. The van der Waals surface area contributed by atoms with E-state index in [2.05, 4.69) is 24.1 Å². The maximum atomic E-state index is 11.9. The van der Waals surface area contributed by atoms with Crippen LogP contribution in [0.5, 0.6) is 0 Å². The monoisotopic (exact) mass is 285 g/mol. The van der Waals surface area contributed by atoms with Gasteiger partial charge in [-0.15, -0.1) is 0 Å². The van der Waals surface area contributed by atoms with Crippen molar-refractivity contribution in [3.05, 3.63) is 18.3 Å². The molecule has 0 bridgehead atoms. The van der Waals surface area contributed by atoms with Crippen LogP contribution in [0, 0.1) is 0 Å². The molecule has 1 N–H and O–H groups in total. The highest BCUT2D eigenvalue weighted by Crippen LogP contribution is 2.15. The van der Waals surface area contributed by atoms with Crippen molar-refractivity contribution in [3.63, 3.8) is 0 Å². The molecule has 108 valence electrons. The van der Waals surface area contributed by atoms with Gasteiger partial charge in [-0.3, -0.25) is 0 Å². The zero-order valence-corrected chi connectivity index (χ0v) is 12.9. The minimum Gasteiger partial charge on any atom is -0.368 e. The van der Waals surface area contributed by atoms with Crippen molar-refractivity contribution in [3.8, 4) is 0 Å². The lowest BCUT2D eigenvalue weighted by molar-refractivity contribution is 0.520. The van der Waals surface area contributed by atoms with Gasteiger partial charge in [-0.1, -0.05) is 19.8 Å². The van der Waals surface area contributed by atoms with Crippen LogP contribution in [-0.2, 0) is 10.0 Å². The number of nitrogens with one attached hydrogen (secondary N) is 1. The first-order valence-corrected chi connectivity index (χ1v) is 7.97. The highest BCUT2D eigenvalue weighted by molar-refractivity contribution is 7.89. The molecular weight excluding hydrogens is 262 g/mol. The molecule has 0 saturated heterocycles. The first-order chi connectivity index (χ1) is 8.87. The molecule has 6 heteroatoms. The number of hydrogen-bond acceptors (Lipinski definition) is 4. The minimum absolute atomic E-state index is 0.212. The molecule has 0 aliphatic rings. The third-order valence-electron chi connectivity index (χ3n) is 2.90. The summed E-state index contributed by atoms with van der Waals surface area (Å²) < 4.78 is 24.9. The van der Waals surface area contributed by atoms with E-state index in [-0.39, 0.29) is 4.90 Å². The average molecular weight is 285 g/mol. The van der Waals surface area contributed by atoms with Crippen LogP contribution in [0.3, 0.4) is 0 Å².